The maximum Gasteiger partial charge on any atom is 0.338 e. The number of aryl methyl sites for hydroxylation is 1. The summed E-state index contributed by atoms with van der Waals surface area (Å²) in [6.07, 6.45) is 0. The normalized spacial score (nSPS) is 10.8. The number of hydrogen-bond donors (Lipinski definition) is 1. The van der Waals surface area contributed by atoms with E-state index < -0.39 is 5.91 Å². The van der Waals surface area contributed by atoms with Crippen LogP contribution >= 0.6 is 11.3 Å². The molecule has 9 nitrogen and oxygen atoms in total. The molecule has 5 aromatic rings. The molecule has 180 valence electrons. The highest BCUT2D eigenvalue weighted by atomic mass is 32.1. The lowest BCUT2D eigenvalue weighted by Gasteiger charge is -2.02. The van der Waals surface area contributed by atoms with Crippen LogP contribution in [0, 0.1) is 6.92 Å². The number of esters is 1. The van der Waals surface area contributed by atoms with Crippen LogP contribution in [-0.2, 0) is 4.74 Å². The van der Waals surface area contributed by atoms with E-state index in [1.54, 1.807) is 49.4 Å². The average molecular weight is 501 g/mol. The monoisotopic (exact) mass is 500 g/mol. The zero-order chi connectivity index (χ0) is 25.1. The molecule has 0 unspecified atom stereocenters. The van der Waals surface area contributed by atoms with Crippen molar-refractivity contribution < 1.29 is 23.3 Å². The first-order valence-corrected chi connectivity index (χ1v) is 11.9. The first-order chi connectivity index (χ1) is 17.5. The molecule has 0 aliphatic rings. The van der Waals surface area contributed by atoms with Gasteiger partial charge in [-0.3, -0.25) is 10.1 Å². The number of carbonyl (C=O) groups excluding carboxylic acids is 2. The Bertz CT molecular complexity index is 1520. The van der Waals surface area contributed by atoms with Crippen molar-refractivity contribution >= 4 is 28.3 Å². The second kappa shape index (κ2) is 9.96. The van der Waals surface area contributed by atoms with Crippen LogP contribution in [0.4, 0.5) is 5.13 Å². The molecular formula is C26H20N4O5S. The van der Waals surface area contributed by atoms with Gasteiger partial charge in [0.05, 0.1) is 12.2 Å². The molecular weight excluding hydrogens is 480 g/mol. The first-order valence-electron chi connectivity index (χ1n) is 11.1. The molecule has 0 bridgehead atoms. The van der Waals surface area contributed by atoms with Gasteiger partial charge >= 0.3 is 5.97 Å². The number of carbonyl (C=O) groups is 2. The Morgan fingerprint density at radius 2 is 1.61 bits per heavy atom. The minimum Gasteiger partial charge on any atom is -0.462 e. The molecule has 1 amide bonds. The van der Waals surface area contributed by atoms with E-state index >= 15 is 0 Å². The van der Waals surface area contributed by atoms with Crippen molar-refractivity contribution in [3.05, 3.63) is 83.6 Å². The lowest BCUT2D eigenvalue weighted by Crippen LogP contribution is -2.11. The molecule has 5 rings (SSSR count). The second-order valence-electron chi connectivity index (χ2n) is 7.77. The predicted molar refractivity (Wildman–Crippen MR) is 134 cm³/mol. The fraction of sp³-hybridized carbons (Fsp3) is 0.115. The molecule has 0 spiro atoms. The number of nitrogens with zero attached hydrogens (tertiary/aromatic N) is 3. The molecule has 0 saturated heterocycles. The molecule has 3 aromatic heterocycles. The van der Waals surface area contributed by atoms with E-state index in [4.69, 9.17) is 13.7 Å². The highest BCUT2D eigenvalue weighted by Gasteiger charge is 2.18. The Kier molecular flexibility index (Phi) is 6.42. The Balaban J connectivity index is 1.26. The number of ether oxygens (including phenoxy) is 1. The van der Waals surface area contributed by atoms with Gasteiger partial charge in [-0.2, -0.15) is 0 Å². The zero-order valence-electron chi connectivity index (χ0n) is 19.3. The zero-order valence-corrected chi connectivity index (χ0v) is 20.2. The topological polar surface area (TPSA) is 120 Å². The van der Waals surface area contributed by atoms with Crippen LogP contribution in [-0.4, -0.2) is 33.8 Å². The van der Waals surface area contributed by atoms with Gasteiger partial charge in [-0.1, -0.05) is 58.5 Å². The molecule has 2 aromatic carbocycles. The summed E-state index contributed by atoms with van der Waals surface area (Å²) in [6, 6.07) is 19.8. The van der Waals surface area contributed by atoms with Crippen LogP contribution < -0.4 is 5.32 Å². The van der Waals surface area contributed by atoms with Crippen molar-refractivity contribution in [3.8, 4) is 33.4 Å². The van der Waals surface area contributed by atoms with E-state index in [0.29, 0.717) is 39.6 Å². The van der Waals surface area contributed by atoms with Crippen molar-refractivity contribution in [2.75, 3.05) is 11.9 Å². The summed E-state index contributed by atoms with van der Waals surface area (Å²) >= 11 is 1.17. The summed E-state index contributed by atoms with van der Waals surface area (Å²) in [4.78, 5) is 24.4. The number of furan rings is 1. The van der Waals surface area contributed by atoms with Crippen molar-refractivity contribution in [1.29, 1.82) is 0 Å². The molecule has 3 heterocycles. The van der Waals surface area contributed by atoms with Crippen LogP contribution in [0.2, 0.25) is 0 Å². The summed E-state index contributed by atoms with van der Waals surface area (Å²) in [5.74, 6) is 0.774. The van der Waals surface area contributed by atoms with E-state index in [2.05, 4.69) is 20.7 Å². The third-order valence-corrected chi connectivity index (χ3v) is 6.07. The van der Waals surface area contributed by atoms with E-state index in [1.165, 1.54) is 11.3 Å². The Morgan fingerprint density at radius 1 is 0.917 bits per heavy atom. The summed E-state index contributed by atoms with van der Waals surface area (Å²) < 4.78 is 16.2. The minimum absolute atomic E-state index is 0.133. The van der Waals surface area contributed by atoms with Crippen LogP contribution in [0.15, 0.2) is 75.7 Å². The van der Waals surface area contributed by atoms with Gasteiger partial charge in [-0.05, 0) is 38.1 Å². The van der Waals surface area contributed by atoms with E-state index in [-0.39, 0.29) is 11.7 Å². The SMILES string of the molecule is CCOC(=O)c1ccc(-c2ccc(-c3nnc(NC(=O)c4cc(-c5ccc(C)cc5)on4)s3)o2)cc1. The average Bonchev–Trinajstić information content (AvgIpc) is 3.65. The maximum absolute atomic E-state index is 12.6. The summed E-state index contributed by atoms with van der Waals surface area (Å²) in [7, 11) is 0. The van der Waals surface area contributed by atoms with Crippen LogP contribution in [0.5, 0.6) is 0 Å². The Morgan fingerprint density at radius 3 is 2.36 bits per heavy atom. The van der Waals surface area contributed by atoms with E-state index in [0.717, 1.165) is 16.7 Å². The van der Waals surface area contributed by atoms with Gasteiger partial charge in [-0.15, -0.1) is 10.2 Å². The summed E-state index contributed by atoms with van der Waals surface area (Å²) in [6.45, 7) is 4.07. The number of amides is 1. The number of hydrogen-bond acceptors (Lipinski definition) is 9. The van der Waals surface area contributed by atoms with Crippen molar-refractivity contribution in [2.24, 2.45) is 0 Å². The van der Waals surface area contributed by atoms with Gasteiger partial charge in [0, 0.05) is 17.2 Å². The Hall–Kier alpha value is -4.57. The van der Waals surface area contributed by atoms with Crippen molar-refractivity contribution in [3.63, 3.8) is 0 Å². The minimum atomic E-state index is -0.457. The Labute approximate surface area is 209 Å². The summed E-state index contributed by atoms with van der Waals surface area (Å²) in [5, 5.41) is 15.5. The van der Waals surface area contributed by atoms with E-state index in [1.807, 2.05) is 31.2 Å². The molecule has 0 aliphatic heterocycles. The standard InChI is InChI=1S/C26H20N4O5S/c1-3-33-25(32)18-10-8-16(9-11-18)20-12-13-21(34-20)24-28-29-26(36-24)27-23(31)19-14-22(35-30-19)17-6-4-15(2)5-7-17/h4-14H,3H2,1-2H3,(H,27,29,31). The third kappa shape index (κ3) is 4.93. The van der Waals surface area contributed by atoms with Crippen LogP contribution in [0.3, 0.4) is 0 Å². The van der Waals surface area contributed by atoms with Gasteiger partial charge in [-0.25, -0.2) is 4.79 Å². The molecule has 10 heteroatoms. The maximum atomic E-state index is 12.6. The number of benzene rings is 2. The fourth-order valence-corrected chi connectivity index (χ4v) is 4.06. The molecule has 0 fully saturated rings. The van der Waals surface area contributed by atoms with Crippen LogP contribution in [0.1, 0.15) is 33.3 Å². The van der Waals surface area contributed by atoms with Gasteiger partial charge in [0.2, 0.25) is 5.13 Å². The lowest BCUT2D eigenvalue weighted by molar-refractivity contribution is 0.0526. The quantitative estimate of drug-likeness (QED) is 0.276. The molecule has 0 saturated carbocycles. The van der Waals surface area contributed by atoms with Gasteiger partial charge in [0.15, 0.2) is 22.2 Å². The number of aromatic nitrogens is 3. The fourth-order valence-electron chi connectivity index (χ4n) is 3.36. The molecule has 0 atom stereocenters. The number of nitrogens with one attached hydrogen (secondary N) is 1. The number of rotatable bonds is 7. The van der Waals surface area contributed by atoms with Gasteiger partial charge in [0.25, 0.3) is 5.91 Å². The molecule has 0 radical (unpaired) electrons. The largest absolute Gasteiger partial charge is 0.462 e. The smallest absolute Gasteiger partial charge is 0.338 e. The molecule has 0 aliphatic carbocycles. The van der Waals surface area contributed by atoms with Crippen molar-refractivity contribution in [1.82, 2.24) is 15.4 Å². The highest BCUT2D eigenvalue weighted by Crippen LogP contribution is 2.32. The first kappa shape index (κ1) is 23.2. The lowest BCUT2D eigenvalue weighted by atomic mass is 10.1. The van der Waals surface area contributed by atoms with Crippen LogP contribution in [0.25, 0.3) is 33.4 Å². The second-order valence-corrected chi connectivity index (χ2v) is 8.75. The number of anilines is 1. The van der Waals surface area contributed by atoms with Gasteiger partial charge < -0.3 is 13.7 Å². The molecule has 36 heavy (non-hydrogen) atoms. The molecule has 1 N–H and O–H groups in total. The predicted octanol–water partition coefficient (Wildman–Crippen LogP) is 5.86. The van der Waals surface area contributed by atoms with E-state index in [9.17, 15) is 9.59 Å². The summed E-state index contributed by atoms with van der Waals surface area (Å²) in [5.41, 5.74) is 3.35. The van der Waals surface area contributed by atoms with Crippen molar-refractivity contribution in [2.45, 2.75) is 13.8 Å². The third-order valence-electron chi connectivity index (χ3n) is 5.22. The van der Waals surface area contributed by atoms with Gasteiger partial charge in [0.1, 0.15) is 5.76 Å². The highest BCUT2D eigenvalue weighted by molar-refractivity contribution is 7.18.